The van der Waals surface area contributed by atoms with Crippen LogP contribution in [0.15, 0.2) is 41.2 Å². The van der Waals surface area contributed by atoms with E-state index in [1.54, 1.807) is 24.3 Å². The number of hydrogen-bond acceptors (Lipinski definition) is 5. The van der Waals surface area contributed by atoms with Crippen LogP contribution in [0.5, 0.6) is 5.75 Å². The lowest BCUT2D eigenvalue weighted by Crippen LogP contribution is -2.56. The fraction of sp³-hybridized carbons (Fsp3) is 0.227. The number of nitrogens with zero attached hydrogens (tertiary/aromatic N) is 4. The first-order valence-corrected chi connectivity index (χ1v) is 9.88. The van der Waals surface area contributed by atoms with E-state index in [0.29, 0.717) is 24.0 Å². The molecule has 7 nitrogen and oxygen atoms in total. The summed E-state index contributed by atoms with van der Waals surface area (Å²) in [5, 5.41) is 15.1. The zero-order chi connectivity index (χ0) is 22.7. The molecule has 2 aliphatic rings. The van der Waals surface area contributed by atoms with Crippen molar-refractivity contribution in [2.45, 2.75) is 18.9 Å². The molecule has 1 aromatic heterocycles. The normalized spacial score (nSPS) is 15.8. The van der Waals surface area contributed by atoms with E-state index in [1.807, 2.05) is 0 Å². The van der Waals surface area contributed by atoms with Crippen LogP contribution < -0.4 is 10.4 Å². The van der Waals surface area contributed by atoms with Gasteiger partial charge in [-0.25, -0.2) is 8.78 Å². The predicted octanol–water partition coefficient (Wildman–Crippen LogP) is 2.24. The van der Waals surface area contributed by atoms with Gasteiger partial charge in [0.2, 0.25) is 5.75 Å². The van der Waals surface area contributed by atoms with Crippen molar-refractivity contribution in [2.24, 2.45) is 0 Å². The molecule has 2 heterocycles. The minimum absolute atomic E-state index is 0.158. The average Bonchev–Trinajstić information content (AvgIpc) is 2.93. The number of carbonyl (C=O) groups is 1. The molecule has 10 heteroatoms. The molecule has 32 heavy (non-hydrogen) atoms. The third-order valence-corrected chi connectivity index (χ3v) is 5.95. The quantitative estimate of drug-likeness (QED) is 0.626. The van der Waals surface area contributed by atoms with Gasteiger partial charge in [0, 0.05) is 18.2 Å². The summed E-state index contributed by atoms with van der Waals surface area (Å²) in [5.74, 6) is -4.63. The Morgan fingerprint density at radius 2 is 1.53 bits per heavy atom. The van der Waals surface area contributed by atoms with Crippen LogP contribution >= 0.6 is 0 Å². The molecule has 0 unspecified atom stereocenters. The van der Waals surface area contributed by atoms with E-state index in [4.69, 9.17) is 0 Å². The Balaban J connectivity index is 1.86. The van der Waals surface area contributed by atoms with Crippen molar-refractivity contribution in [2.75, 3.05) is 18.7 Å². The molecule has 0 saturated carbocycles. The van der Waals surface area contributed by atoms with Crippen LogP contribution in [0.25, 0.3) is 0 Å². The van der Waals surface area contributed by atoms with Crippen LogP contribution in [-0.4, -0.2) is 39.5 Å². The summed E-state index contributed by atoms with van der Waals surface area (Å²) in [6.07, 6.45) is 0.874. The van der Waals surface area contributed by atoms with E-state index >= 15 is 8.78 Å². The van der Waals surface area contributed by atoms with Gasteiger partial charge < -0.3 is 10.0 Å². The van der Waals surface area contributed by atoms with Gasteiger partial charge in [0.25, 0.3) is 17.3 Å². The minimum atomic E-state index is -1.54. The highest BCUT2D eigenvalue weighted by molar-refractivity contribution is 5.95. The van der Waals surface area contributed by atoms with Crippen molar-refractivity contribution < 1.29 is 23.1 Å². The smallest absolute Gasteiger partial charge is 0.284 e. The maximum Gasteiger partial charge on any atom is 0.284 e. The molecule has 0 saturated heterocycles. The van der Waals surface area contributed by atoms with E-state index in [1.165, 1.54) is 24.2 Å². The van der Waals surface area contributed by atoms with E-state index in [2.05, 4.69) is 5.10 Å². The Morgan fingerprint density at radius 3 is 2.09 bits per heavy atom. The molecule has 1 N–H and O–H groups in total. The van der Waals surface area contributed by atoms with Crippen molar-refractivity contribution in [3.8, 4) is 5.75 Å². The average molecular weight is 442 g/mol. The lowest BCUT2D eigenvalue weighted by molar-refractivity contribution is 0.0712. The summed E-state index contributed by atoms with van der Waals surface area (Å²) in [6, 6.07) is 7.91. The molecule has 2 aromatic carbocycles. The van der Waals surface area contributed by atoms with Crippen LogP contribution in [0.3, 0.4) is 0 Å². The van der Waals surface area contributed by atoms with Crippen molar-refractivity contribution in [1.29, 1.82) is 0 Å². The number of rotatable bonds is 1. The van der Waals surface area contributed by atoms with Gasteiger partial charge in [-0.1, -0.05) is 24.3 Å². The molecule has 0 radical (unpaired) electrons. The summed E-state index contributed by atoms with van der Waals surface area (Å²) in [7, 11) is 1.40. The third kappa shape index (κ3) is 2.79. The van der Waals surface area contributed by atoms with E-state index in [-0.39, 0.29) is 17.8 Å². The van der Waals surface area contributed by atoms with Crippen molar-refractivity contribution in [1.82, 2.24) is 14.8 Å². The largest absolute Gasteiger partial charge is 0.502 e. The summed E-state index contributed by atoms with van der Waals surface area (Å²) < 4.78 is 44.7. The van der Waals surface area contributed by atoms with E-state index in [9.17, 15) is 19.1 Å². The van der Waals surface area contributed by atoms with Crippen molar-refractivity contribution in [3.05, 3.63) is 92.2 Å². The Kier molecular flexibility index (Phi) is 4.47. The van der Waals surface area contributed by atoms with Gasteiger partial charge in [0.15, 0.2) is 5.69 Å². The second-order valence-corrected chi connectivity index (χ2v) is 7.82. The standard InChI is InChI=1S/C22H17F3N4O3/c1-27-10-28(29-18(22(27)32)19(30)20(31)21(25)26-29)17-15-11(4-2-6-13(15)23)8-9-12-5-3-7-14(24)16(12)17/h2-7,17,30H,8-10H2,1H3. The second kappa shape index (κ2) is 7.11. The first-order chi connectivity index (χ1) is 15.3. The lowest BCUT2D eigenvalue weighted by Gasteiger charge is -2.42. The number of hydrogen-bond donors (Lipinski definition) is 1. The maximum atomic E-state index is 15.2. The molecule has 0 spiro atoms. The van der Waals surface area contributed by atoms with Crippen LogP contribution in [-0.2, 0) is 12.8 Å². The number of aromatic nitrogens is 2. The van der Waals surface area contributed by atoms with Gasteiger partial charge in [0.1, 0.15) is 24.3 Å². The molecular weight excluding hydrogens is 425 g/mol. The van der Waals surface area contributed by atoms with Crippen LogP contribution in [0.1, 0.15) is 38.8 Å². The molecule has 0 bridgehead atoms. The molecule has 0 fully saturated rings. The minimum Gasteiger partial charge on any atom is -0.502 e. The molecule has 3 aromatic rings. The summed E-state index contributed by atoms with van der Waals surface area (Å²) in [5.41, 5.74) is -0.449. The topological polar surface area (TPSA) is 78.7 Å². The highest BCUT2D eigenvalue weighted by Crippen LogP contribution is 2.40. The van der Waals surface area contributed by atoms with Gasteiger partial charge >= 0.3 is 0 Å². The second-order valence-electron chi connectivity index (χ2n) is 7.82. The Hall–Kier alpha value is -3.82. The van der Waals surface area contributed by atoms with Crippen molar-refractivity contribution >= 4 is 5.91 Å². The van der Waals surface area contributed by atoms with E-state index < -0.39 is 46.4 Å². The first-order valence-electron chi connectivity index (χ1n) is 9.88. The molecular formula is C22H17F3N4O3. The van der Waals surface area contributed by atoms with E-state index in [0.717, 1.165) is 9.69 Å². The molecule has 164 valence electrons. The predicted molar refractivity (Wildman–Crippen MR) is 107 cm³/mol. The summed E-state index contributed by atoms with van der Waals surface area (Å²) in [6.45, 7) is -0.229. The van der Waals surface area contributed by atoms with Crippen LogP contribution in [0.4, 0.5) is 13.2 Å². The fourth-order valence-corrected chi connectivity index (χ4v) is 4.49. The third-order valence-electron chi connectivity index (χ3n) is 5.95. The number of benzene rings is 2. The summed E-state index contributed by atoms with van der Waals surface area (Å²) >= 11 is 0. The highest BCUT2D eigenvalue weighted by Gasteiger charge is 2.41. The molecule has 1 aliphatic heterocycles. The number of fused-ring (bicyclic) bond motifs is 3. The Bertz CT molecular complexity index is 1290. The Morgan fingerprint density at radius 1 is 0.969 bits per heavy atom. The van der Waals surface area contributed by atoms with Crippen LogP contribution in [0, 0.1) is 17.6 Å². The molecule has 5 rings (SSSR count). The monoisotopic (exact) mass is 442 g/mol. The fourth-order valence-electron chi connectivity index (χ4n) is 4.49. The zero-order valence-corrected chi connectivity index (χ0v) is 16.8. The molecule has 0 atom stereocenters. The highest BCUT2D eigenvalue weighted by atomic mass is 19.1. The number of aromatic hydroxyl groups is 1. The number of amides is 1. The van der Waals surface area contributed by atoms with Crippen molar-refractivity contribution in [3.63, 3.8) is 0 Å². The van der Waals surface area contributed by atoms with Gasteiger partial charge in [0.05, 0.1) is 0 Å². The van der Waals surface area contributed by atoms with Gasteiger partial charge in [-0.15, -0.1) is 5.10 Å². The lowest BCUT2D eigenvalue weighted by atomic mass is 9.93. The molecule has 1 amide bonds. The first kappa shape index (κ1) is 20.1. The maximum absolute atomic E-state index is 15.2. The number of carbonyl (C=O) groups excluding carboxylic acids is 1. The number of halogens is 3. The van der Waals surface area contributed by atoms with Gasteiger partial charge in [-0.05, 0) is 36.1 Å². The Labute approximate surface area is 179 Å². The number of aryl methyl sites for hydroxylation is 2. The van der Waals surface area contributed by atoms with Gasteiger partial charge in [-0.3, -0.25) is 14.6 Å². The zero-order valence-electron chi connectivity index (χ0n) is 16.8. The SMILES string of the molecule is CN1CN(C2c3c(F)cccc3CCc3cccc(F)c32)n2nc(F)c(=O)c(O)c2C1=O. The summed E-state index contributed by atoms with van der Waals surface area (Å²) in [4.78, 5) is 26.5. The van der Waals surface area contributed by atoms with Gasteiger partial charge in [-0.2, -0.15) is 9.18 Å². The van der Waals surface area contributed by atoms with Crippen LogP contribution in [0.2, 0.25) is 0 Å². The molecule has 1 aliphatic carbocycles.